The maximum atomic E-state index is 13.0. The first-order valence-electron chi connectivity index (χ1n) is 13.3. The minimum absolute atomic E-state index is 0.0373. The molecule has 3 aliphatic heterocycles. The van der Waals surface area contributed by atoms with Crippen molar-refractivity contribution in [3.05, 3.63) is 64.7 Å². The fourth-order valence-corrected chi connectivity index (χ4v) is 4.18. The lowest BCUT2D eigenvalue weighted by Crippen LogP contribution is -2.52. The molecule has 2 unspecified atom stereocenters. The molecule has 5 rings (SSSR count). The summed E-state index contributed by atoms with van der Waals surface area (Å²) in [7, 11) is 0. The molecule has 0 aromatic heterocycles. The monoisotopic (exact) mass is 454 g/mol. The Bertz CT molecular complexity index is 1270. The normalized spacial score (nSPS) is 28.7. The third kappa shape index (κ3) is 4.62. The highest BCUT2D eigenvalue weighted by atomic mass is 16.5. The number of fused-ring (bicyclic) bond motifs is 1. The van der Waals surface area contributed by atoms with E-state index in [9.17, 15) is 14.4 Å². The number of morpholine rings is 1. The van der Waals surface area contributed by atoms with Crippen molar-refractivity contribution in [2.45, 2.75) is 38.6 Å². The van der Waals surface area contributed by atoms with Gasteiger partial charge in [0.25, 0.3) is 5.91 Å². The largest absolute Gasteiger partial charge is 0.489 e. The van der Waals surface area contributed by atoms with Gasteiger partial charge in [-0.15, -0.1) is 0 Å². The maximum Gasteiger partial charge on any atom is 0.255 e. The number of ether oxygens (including phenoxy) is 2. The first-order valence-corrected chi connectivity index (χ1v) is 10.8. The number of rotatable bonds is 6. The van der Waals surface area contributed by atoms with Crippen LogP contribution in [0.3, 0.4) is 0 Å². The number of carbonyl (C=O) groups excluding carboxylic acids is 3. The van der Waals surface area contributed by atoms with E-state index in [2.05, 4.69) is 5.32 Å². The highest BCUT2D eigenvalue weighted by Gasteiger charge is 2.40. The minimum Gasteiger partial charge on any atom is -0.489 e. The van der Waals surface area contributed by atoms with E-state index in [1.165, 1.54) is 4.90 Å². The van der Waals surface area contributed by atoms with Crippen molar-refractivity contribution in [1.82, 2.24) is 15.1 Å². The third-order valence-corrected chi connectivity index (χ3v) is 5.93. The summed E-state index contributed by atoms with van der Waals surface area (Å²) in [5, 5.41) is 2.29. The van der Waals surface area contributed by atoms with Crippen LogP contribution in [0.2, 0.25) is 0 Å². The highest BCUT2D eigenvalue weighted by Crippen LogP contribution is 2.34. The fourth-order valence-electron chi connectivity index (χ4n) is 4.18. The van der Waals surface area contributed by atoms with E-state index in [1.54, 1.807) is 42.5 Å². The number of hydrogen-bond acceptors (Lipinski definition) is 6. The van der Waals surface area contributed by atoms with Crippen LogP contribution in [0, 0.1) is 0 Å². The van der Waals surface area contributed by atoms with Crippen LogP contribution in [0.15, 0.2) is 42.5 Å². The zero-order chi connectivity index (χ0) is 27.2. The van der Waals surface area contributed by atoms with Gasteiger partial charge in [0.1, 0.15) is 18.4 Å². The van der Waals surface area contributed by atoms with Crippen LogP contribution >= 0.6 is 0 Å². The van der Waals surface area contributed by atoms with Crippen molar-refractivity contribution < 1.29 is 30.7 Å². The molecule has 1 N–H and O–H groups in total. The van der Waals surface area contributed by atoms with Gasteiger partial charge in [-0.1, -0.05) is 30.3 Å². The lowest BCUT2D eigenvalue weighted by molar-refractivity contribution is -0.136. The van der Waals surface area contributed by atoms with Gasteiger partial charge in [0, 0.05) is 42.6 Å². The molecule has 0 saturated carbocycles. The second-order valence-corrected chi connectivity index (χ2v) is 8.09. The Balaban J connectivity index is 1.25. The fraction of sp³-hybridized carbons (Fsp3) is 0.400. The number of nitrogens with one attached hydrogen (secondary N) is 1. The van der Waals surface area contributed by atoms with E-state index in [-0.39, 0.29) is 44.4 Å². The van der Waals surface area contributed by atoms with E-state index >= 15 is 0 Å². The van der Waals surface area contributed by atoms with Crippen molar-refractivity contribution in [3.8, 4) is 5.75 Å². The SMILES string of the molecule is [2H]C1OCC([2H])([2H])N(Cc2ccc(COc3cccc4c3CN(C3CCC(=O)NC3=O)C4=O)cc2)C1([2H])[2H]. The average Bonchev–Trinajstić information content (AvgIpc) is 3.21. The molecule has 2 aromatic carbocycles. The summed E-state index contributed by atoms with van der Waals surface area (Å²) < 4.78 is 51.3. The molecule has 2 fully saturated rings. The zero-order valence-electron chi connectivity index (χ0n) is 22.9. The lowest BCUT2D eigenvalue weighted by atomic mass is 10.0. The van der Waals surface area contributed by atoms with Crippen LogP contribution in [0.4, 0.5) is 0 Å². The molecular weight excluding hydrogens is 422 g/mol. The quantitative estimate of drug-likeness (QED) is 0.671. The van der Waals surface area contributed by atoms with Gasteiger partial charge in [-0.2, -0.15) is 0 Å². The van der Waals surface area contributed by atoms with Crippen molar-refractivity contribution in [3.63, 3.8) is 0 Å². The number of hydrogen-bond donors (Lipinski definition) is 1. The molecule has 2 saturated heterocycles. The number of imide groups is 1. The molecule has 3 amide bonds. The van der Waals surface area contributed by atoms with Crippen LogP contribution in [0.5, 0.6) is 5.75 Å². The topological polar surface area (TPSA) is 88.2 Å². The number of amides is 3. The van der Waals surface area contributed by atoms with Gasteiger partial charge >= 0.3 is 0 Å². The highest BCUT2D eigenvalue weighted by molar-refractivity contribution is 6.05. The molecule has 0 bridgehead atoms. The molecule has 2 aromatic rings. The maximum absolute atomic E-state index is 13.0. The summed E-state index contributed by atoms with van der Waals surface area (Å²) in [5.41, 5.74) is 2.62. The van der Waals surface area contributed by atoms with E-state index in [4.69, 9.17) is 16.3 Å². The standard InChI is InChI=1S/C25H27N3O5/c29-23-9-8-21(24(30)26-23)28-15-20-19(25(28)31)2-1-3-22(20)33-16-18-6-4-17(5-7-18)14-27-10-12-32-13-11-27/h1-7,21H,8-16H2,(H,26,29,30)/i10D2,11D2,12D. The van der Waals surface area contributed by atoms with E-state index in [0.717, 1.165) is 10.5 Å². The zero-order valence-corrected chi connectivity index (χ0v) is 17.9. The second-order valence-electron chi connectivity index (χ2n) is 8.09. The summed E-state index contributed by atoms with van der Waals surface area (Å²) in [6, 6.07) is 11.6. The lowest BCUT2D eigenvalue weighted by Gasteiger charge is -2.29. The molecule has 172 valence electrons. The summed E-state index contributed by atoms with van der Waals surface area (Å²) in [6.07, 6.45) is 0.462. The Morgan fingerprint density at radius 3 is 2.73 bits per heavy atom. The van der Waals surface area contributed by atoms with Crippen molar-refractivity contribution in [2.75, 3.05) is 26.2 Å². The first-order chi connectivity index (χ1) is 18.0. The van der Waals surface area contributed by atoms with Gasteiger partial charge in [-0.05, 0) is 29.7 Å². The third-order valence-electron chi connectivity index (χ3n) is 5.93. The summed E-state index contributed by atoms with van der Waals surface area (Å²) in [5.74, 6) is -0.567. The van der Waals surface area contributed by atoms with Gasteiger partial charge in [-0.25, -0.2) is 0 Å². The molecular formula is C25H27N3O5. The molecule has 0 aliphatic carbocycles. The minimum atomic E-state index is -2.30. The predicted octanol–water partition coefficient (Wildman–Crippen LogP) is 1.86. The smallest absolute Gasteiger partial charge is 0.255 e. The Morgan fingerprint density at radius 2 is 1.91 bits per heavy atom. The van der Waals surface area contributed by atoms with Crippen molar-refractivity contribution >= 4 is 17.7 Å². The number of benzene rings is 2. The summed E-state index contributed by atoms with van der Waals surface area (Å²) in [6.45, 7) is -5.90. The number of carbonyl (C=O) groups is 3. The predicted molar refractivity (Wildman–Crippen MR) is 119 cm³/mol. The molecule has 0 radical (unpaired) electrons. The van der Waals surface area contributed by atoms with Crippen molar-refractivity contribution in [2.24, 2.45) is 0 Å². The van der Waals surface area contributed by atoms with Crippen LogP contribution in [0.25, 0.3) is 0 Å². The molecule has 3 heterocycles. The number of nitrogens with zero attached hydrogens (tertiary/aromatic N) is 2. The van der Waals surface area contributed by atoms with Gasteiger partial charge in [0.05, 0.1) is 21.1 Å². The Morgan fingerprint density at radius 1 is 1.09 bits per heavy atom. The van der Waals surface area contributed by atoms with Crippen molar-refractivity contribution in [1.29, 1.82) is 0 Å². The van der Waals surface area contributed by atoms with Crippen LogP contribution in [-0.4, -0.2) is 59.7 Å². The molecule has 8 nitrogen and oxygen atoms in total. The Labute approximate surface area is 199 Å². The van der Waals surface area contributed by atoms with Gasteiger partial charge in [0.15, 0.2) is 0 Å². The molecule has 3 aliphatic rings. The molecule has 0 spiro atoms. The second kappa shape index (κ2) is 9.33. The van der Waals surface area contributed by atoms with E-state index in [0.29, 0.717) is 22.4 Å². The van der Waals surface area contributed by atoms with Crippen LogP contribution < -0.4 is 10.1 Å². The van der Waals surface area contributed by atoms with Crippen LogP contribution in [0.1, 0.15) is 46.7 Å². The van der Waals surface area contributed by atoms with Gasteiger partial charge < -0.3 is 14.4 Å². The van der Waals surface area contributed by atoms with E-state index < -0.39 is 38.1 Å². The Kier molecular flexibility index (Phi) is 4.63. The first kappa shape index (κ1) is 16.4. The summed E-state index contributed by atoms with van der Waals surface area (Å²) >= 11 is 0. The molecule has 2 atom stereocenters. The van der Waals surface area contributed by atoms with Crippen LogP contribution in [-0.2, 0) is 34.0 Å². The Hall–Kier alpha value is -3.23. The number of piperidine rings is 1. The van der Waals surface area contributed by atoms with Gasteiger partial charge in [-0.3, -0.25) is 24.6 Å². The molecule has 33 heavy (non-hydrogen) atoms. The average molecular weight is 455 g/mol. The van der Waals surface area contributed by atoms with Gasteiger partial charge in [0.2, 0.25) is 11.8 Å². The molecule has 8 heteroatoms. The summed E-state index contributed by atoms with van der Waals surface area (Å²) in [4.78, 5) is 39.3. The van der Waals surface area contributed by atoms with E-state index in [1.807, 2.05) is 0 Å².